The molecule has 2 N–H and O–H groups in total. The standard InChI is InChI=1S/C16H23NO3/c1-10-4-6-16(7-5-10,15(19)20)17-14(18)13-9-11-2-3-12(13)8-11/h2-3,10-13H,4-9H2,1H3,(H,17,18)(H,19,20). The van der Waals surface area contributed by atoms with Gasteiger partial charge in [-0.1, -0.05) is 19.1 Å². The van der Waals surface area contributed by atoms with Crippen molar-refractivity contribution in [2.24, 2.45) is 23.7 Å². The van der Waals surface area contributed by atoms with Crippen molar-refractivity contribution in [3.05, 3.63) is 12.2 Å². The van der Waals surface area contributed by atoms with Gasteiger partial charge in [0.05, 0.1) is 0 Å². The van der Waals surface area contributed by atoms with Crippen molar-refractivity contribution in [2.45, 2.75) is 51.0 Å². The van der Waals surface area contributed by atoms with E-state index in [2.05, 4.69) is 24.4 Å². The number of rotatable bonds is 3. The molecule has 4 heteroatoms. The molecule has 0 aromatic rings. The lowest BCUT2D eigenvalue weighted by Gasteiger charge is -2.37. The quantitative estimate of drug-likeness (QED) is 0.778. The lowest BCUT2D eigenvalue weighted by Crippen LogP contribution is -2.57. The molecule has 3 aliphatic rings. The van der Waals surface area contributed by atoms with Crippen LogP contribution in [0.1, 0.15) is 45.4 Å². The molecule has 0 aromatic carbocycles. The molecule has 0 spiro atoms. The number of allylic oxidation sites excluding steroid dienone is 2. The highest BCUT2D eigenvalue weighted by molar-refractivity contribution is 5.88. The molecule has 3 atom stereocenters. The summed E-state index contributed by atoms with van der Waals surface area (Å²) >= 11 is 0. The number of nitrogens with one attached hydrogen (secondary N) is 1. The fraction of sp³-hybridized carbons (Fsp3) is 0.750. The molecule has 0 heterocycles. The van der Waals surface area contributed by atoms with E-state index in [0.29, 0.717) is 30.6 Å². The Kier molecular flexibility index (Phi) is 3.35. The second-order valence-electron chi connectivity index (χ2n) is 6.95. The van der Waals surface area contributed by atoms with E-state index < -0.39 is 11.5 Å². The third-order valence-electron chi connectivity index (χ3n) is 5.52. The van der Waals surface area contributed by atoms with Gasteiger partial charge in [-0.3, -0.25) is 4.79 Å². The van der Waals surface area contributed by atoms with Crippen molar-refractivity contribution < 1.29 is 14.7 Å². The molecular formula is C16H23NO3. The molecule has 20 heavy (non-hydrogen) atoms. The average Bonchev–Trinajstić information content (AvgIpc) is 3.03. The lowest BCUT2D eigenvalue weighted by atomic mass is 9.76. The van der Waals surface area contributed by atoms with E-state index in [9.17, 15) is 14.7 Å². The Morgan fingerprint density at radius 1 is 1.20 bits per heavy atom. The fourth-order valence-electron chi connectivity index (χ4n) is 4.06. The van der Waals surface area contributed by atoms with Crippen molar-refractivity contribution in [3.8, 4) is 0 Å². The molecular weight excluding hydrogens is 254 g/mol. The predicted octanol–water partition coefficient (Wildman–Crippen LogP) is 2.35. The summed E-state index contributed by atoms with van der Waals surface area (Å²) in [6.45, 7) is 2.15. The lowest BCUT2D eigenvalue weighted by molar-refractivity contribution is -0.150. The molecule has 3 aliphatic carbocycles. The van der Waals surface area contributed by atoms with Gasteiger partial charge in [-0.2, -0.15) is 0 Å². The number of carbonyl (C=O) groups is 2. The van der Waals surface area contributed by atoms with Gasteiger partial charge in [-0.15, -0.1) is 0 Å². The van der Waals surface area contributed by atoms with Crippen LogP contribution in [0, 0.1) is 23.7 Å². The summed E-state index contributed by atoms with van der Waals surface area (Å²) in [5.41, 5.74) is -1.02. The van der Waals surface area contributed by atoms with Crippen LogP contribution in [0.3, 0.4) is 0 Å². The topological polar surface area (TPSA) is 66.4 Å². The molecule has 4 nitrogen and oxygen atoms in total. The van der Waals surface area contributed by atoms with Gasteiger partial charge in [0.15, 0.2) is 0 Å². The minimum Gasteiger partial charge on any atom is -0.480 e. The number of carboxylic acids is 1. The number of hydrogen-bond donors (Lipinski definition) is 2. The number of fused-ring (bicyclic) bond motifs is 2. The summed E-state index contributed by atoms with van der Waals surface area (Å²) < 4.78 is 0. The highest BCUT2D eigenvalue weighted by Crippen LogP contribution is 2.44. The Morgan fingerprint density at radius 2 is 1.90 bits per heavy atom. The maximum Gasteiger partial charge on any atom is 0.329 e. The van der Waals surface area contributed by atoms with Gasteiger partial charge in [0, 0.05) is 5.92 Å². The van der Waals surface area contributed by atoms with Gasteiger partial charge in [-0.25, -0.2) is 4.79 Å². The number of carboxylic acid groups (broad SMARTS) is 1. The molecule has 2 saturated carbocycles. The maximum atomic E-state index is 12.5. The second kappa shape index (κ2) is 4.90. The predicted molar refractivity (Wildman–Crippen MR) is 75.0 cm³/mol. The smallest absolute Gasteiger partial charge is 0.329 e. The molecule has 110 valence electrons. The summed E-state index contributed by atoms with van der Waals surface area (Å²) in [6, 6.07) is 0. The van der Waals surface area contributed by atoms with Gasteiger partial charge in [-0.05, 0) is 56.3 Å². The van der Waals surface area contributed by atoms with Gasteiger partial charge < -0.3 is 10.4 Å². The number of amides is 1. The summed E-state index contributed by atoms with van der Waals surface area (Å²) in [5.74, 6) is 0.497. The summed E-state index contributed by atoms with van der Waals surface area (Å²) in [5, 5.41) is 12.5. The Bertz CT molecular complexity index is 449. The molecule has 0 aliphatic heterocycles. The van der Waals surface area contributed by atoms with Gasteiger partial charge in [0.1, 0.15) is 5.54 Å². The fourth-order valence-corrected chi connectivity index (χ4v) is 4.06. The van der Waals surface area contributed by atoms with E-state index in [-0.39, 0.29) is 11.8 Å². The second-order valence-corrected chi connectivity index (χ2v) is 6.95. The minimum absolute atomic E-state index is 0.0134. The van der Waals surface area contributed by atoms with Crippen LogP contribution < -0.4 is 5.32 Å². The van der Waals surface area contributed by atoms with Crippen molar-refractivity contribution >= 4 is 11.9 Å². The zero-order valence-electron chi connectivity index (χ0n) is 12.0. The Balaban J connectivity index is 1.69. The highest BCUT2D eigenvalue weighted by Gasteiger charge is 2.46. The van der Waals surface area contributed by atoms with Crippen molar-refractivity contribution in [3.63, 3.8) is 0 Å². The zero-order chi connectivity index (χ0) is 14.3. The monoisotopic (exact) mass is 277 g/mol. The van der Waals surface area contributed by atoms with Crippen LogP contribution in [0.25, 0.3) is 0 Å². The van der Waals surface area contributed by atoms with Gasteiger partial charge >= 0.3 is 5.97 Å². The minimum atomic E-state index is -1.02. The van der Waals surface area contributed by atoms with E-state index in [0.717, 1.165) is 25.7 Å². The van der Waals surface area contributed by atoms with Crippen LogP contribution in [0.5, 0.6) is 0 Å². The SMILES string of the molecule is CC1CCC(NC(=O)C2CC3C=CC2C3)(C(=O)O)CC1. The van der Waals surface area contributed by atoms with E-state index in [1.54, 1.807) is 0 Å². The van der Waals surface area contributed by atoms with E-state index >= 15 is 0 Å². The van der Waals surface area contributed by atoms with Crippen LogP contribution in [-0.2, 0) is 9.59 Å². The van der Waals surface area contributed by atoms with Gasteiger partial charge in [0.25, 0.3) is 0 Å². The van der Waals surface area contributed by atoms with E-state index in [1.165, 1.54) is 0 Å². The molecule has 2 bridgehead atoms. The first kappa shape index (κ1) is 13.7. The molecule has 0 aromatic heterocycles. The van der Waals surface area contributed by atoms with Crippen LogP contribution in [0.2, 0.25) is 0 Å². The van der Waals surface area contributed by atoms with E-state index in [1.807, 2.05) is 0 Å². The van der Waals surface area contributed by atoms with Crippen LogP contribution in [0.15, 0.2) is 12.2 Å². The average molecular weight is 277 g/mol. The van der Waals surface area contributed by atoms with Crippen LogP contribution in [0.4, 0.5) is 0 Å². The van der Waals surface area contributed by atoms with E-state index in [4.69, 9.17) is 0 Å². The van der Waals surface area contributed by atoms with Crippen LogP contribution >= 0.6 is 0 Å². The maximum absolute atomic E-state index is 12.5. The molecule has 1 amide bonds. The van der Waals surface area contributed by atoms with Gasteiger partial charge in [0.2, 0.25) is 5.91 Å². The Morgan fingerprint density at radius 3 is 2.40 bits per heavy atom. The highest BCUT2D eigenvalue weighted by atomic mass is 16.4. The van der Waals surface area contributed by atoms with Crippen molar-refractivity contribution in [2.75, 3.05) is 0 Å². The third kappa shape index (κ3) is 2.25. The zero-order valence-corrected chi connectivity index (χ0v) is 12.0. The molecule has 3 rings (SSSR count). The molecule has 2 fully saturated rings. The Hall–Kier alpha value is -1.32. The summed E-state index contributed by atoms with van der Waals surface area (Å²) in [7, 11) is 0. The number of aliphatic carboxylic acids is 1. The largest absolute Gasteiger partial charge is 0.480 e. The molecule has 3 unspecified atom stereocenters. The van der Waals surface area contributed by atoms with Crippen molar-refractivity contribution in [1.82, 2.24) is 5.32 Å². The van der Waals surface area contributed by atoms with Crippen molar-refractivity contribution in [1.29, 1.82) is 0 Å². The summed E-state index contributed by atoms with van der Waals surface area (Å²) in [6.07, 6.45) is 9.16. The first-order valence-electron chi connectivity index (χ1n) is 7.74. The number of hydrogen-bond acceptors (Lipinski definition) is 2. The molecule has 0 radical (unpaired) electrons. The van der Waals surface area contributed by atoms with Crippen LogP contribution in [-0.4, -0.2) is 22.5 Å². The first-order valence-corrected chi connectivity index (χ1v) is 7.74. The first-order chi connectivity index (χ1) is 9.50. The normalized spacial score (nSPS) is 42.6. The Labute approximate surface area is 119 Å². The molecule has 0 saturated heterocycles. The number of carbonyl (C=O) groups excluding carboxylic acids is 1. The third-order valence-corrected chi connectivity index (χ3v) is 5.52. The summed E-state index contributed by atoms with van der Waals surface area (Å²) in [4.78, 5) is 24.2.